The van der Waals surface area contributed by atoms with Crippen molar-refractivity contribution in [2.45, 2.75) is 26.8 Å². The van der Waals surface area contributed by atoms with Crippen molar-refractivity contribution < 1.29 is 14.4 Å². The lowest BCUT2D eigenvalue weighted by atomic mass is 9.74. The number of carbonyl (C=O) groups excluding carboxylic acids is 3. The Morgan fingerprint density at radius 1 is 1.04 bits per heavy atom. The van der Waals surface area contributed by atoms with Crippen molar-refractivity contribution in [3.8, 4) is 0 Å². The van der Waals surface area contributed by atoms with Crippen molar-refractivity contribution in [3.63, 3.8) is 0 Å². The van der Waals surface area contributed by atoms with E-state index in [9.17, 15) is 14.4 Å². The SMILES string of the molecule is CC(C)(C(=O)/C=C/c1ccccc1)[C@H]1CC(=O)N(Cc2ccccc2)C1=O. The lowest BCUT2D eigenvalue weighted by Crippen LogP contribution is -2.38. The van der Waals surface area contributed by atoms with E-state index >= 15 is 0 Å². The first-order chi connectivity index (χ1) is 12.9. The van der Waals surface area contributed by atoms with E-state index in [1.54, 1.807) is 19.9 Å². The molecule has 0 spiro atoms. The van der Waals surface area contributed by atoms with Gasteiger partial charge in [-0.25, -0.2) is 0 Å². The molecular formula is C23H23NO3. The number of imide groups is 1. The van der Waals surface area contributed by atoms with E-state index in [1.807, 2.05) is 60.7 Å². The van der Waals surface area contributed by atoms with Gasteiger partial charge in [-0.3, -0.25) is 19.3 Å². The Morgan fingerprint density at radius 3 is 2.26 bits per heavy atom. The highest BCUT2D eigenvalue weighted by Gasteiger charge is 2.49. The van der Waals surface area contributed by atoms with Gasteiger partial charge in [-0.15, -0.1) is 0 Å². The molecule has 4 heteroatoms. The maximum Gasteiger partial charge on any atom is 0.234 e. The summed E-state index contributed by atoms with van der Waals surface area (Å²) in [6.45, 7) is 3.73. The molecule has 1 fully saturated rings. The van der Waals surface area contributed by atoms with E-state index in [0.717, 1.165) is 11.1 Å². The Balaban J connectivity index is 1.74. The lowest BCUT2D eigenvalue weighted by Gasteiger charge is -2.27. The van der Waals surface area contributed by atoms with Gasteiger partial charge in [0.1, 0.15) is 0 Å². The number of amides is 2. The Labute approximate surface area is 159 Å². The van der Waals surface area contributed by atoms with Crippen molar-refractivity contribution >= 4 is 23.7 Å². The fourth-order valence-corrected chi connectivity index (χ4v) is 3.30. The van der Waals surface area contributed by atoms with Crippen LogP contribution in [0, 0.1) is 11.3 Å². The van der Waals surface area contributed by atoms with Gasteiger partial charge in [-0.2, -0.15) is 0 Å². The third-order valence-corrected chi connectivity index (χ3v) is 5.16. The summed E-state index contributed by atoms with van der Waals surface area (Å²) in [7, 11) is 0. The summed E-state index contributed by atoms with van der Waals surface area (Å²) in [6.07, 6.45) is 3.32. The standard InChI is InChI=1S/C23H23NO3/c1-23(2,20(25)14-13-17-9-5-3-6-10-17)19-15-21(26)24(22(19)27)16-18-11-7-4-8-12-18/h3-14,19H,15-16H2,1-2H3/b14-13+/t19-/m0/s1. The number of hydrogen-bond acceptors (Lipinski definition) is 3. The molecule has 138 valence electrons. The maximum absolute atomic E-state index is 12.9. The largest absolute Gasteiger partial charge is 0.294 e. The van der Waals surface area contributed by atoms with E-state index in [-0.39, 0.29) is 30.6 Å². The molecule has 0 saturated carbocycles. The highest BCUT2D eigenvalue weighted by Crippen LogP contribution is 2.37. The molecule has 1 aliphatic rings. The monoisotopic (exact) mass is 361 g/mol. The van der Waals surface area contributed by atoms with Gasteiger partial charge in [-0.05, 0) is 17.2 Å². The Bertz CT molecular complexity index is 869. The highest BCUT2D eigenvalue weighted by molar-refractivity contribution is 6.08. The molecule has 1 heterocycles. The first-order valence-corrected chi connectivity index (χ1v) is 9.05. The Hall–Kier alpha value is -3.01. The molecule has 0 unspecified atom stereocenters. The van der Waals surface area contributed by atoms with Crippen molar-refractivity contribution in [2.75, 3.05) is 0 Å². The van der Waals surface area contributed by atoms with E-state index in [0.29, 0.717) is 0 Å². The topological polar surface area (TPSA) is 54.5 Å². The summed E-state index contributed by atoms with van der Waals surface area (Å²) in [5.41, 5.74) is 0.873. The van der Waals surface area contributed by atoms with Crippen molar-refractivity contribution in [1.29, 1.82) is 0 Å². The molecule has 0 aromatic heterocycles. The van der Waals surface area contributed by atoms with Crippen LogP contribution < -0.4 is 0 Å². The first-order valence-electron chi connectivity index (χ1n) is 9.05. The van der Waals surface area contributed by atoms with Crippen LogP contribution in [0.3, 0.4) is 0 Å². The zero-order valence-corrected chi connectivity index (χ0v) is 15.6. The molecule has 2 aromatic rings. The van der Waals surface area contributed by atoms with Gasteiger partial charge in [0.25, 0.3) is 0 Å². The molecule has 0 bridgehead atoms. The molecule has 2 amide bonds. The highest BCUT2D eigenvalue weighted by atomic mass is 16.2. The van der Waals surface area contributed by atoms with Crippen molar-refractivity contribution in [3.05, 3.63) is 77.9 Å². The molecule has 2 aromatic carbocycles. The molecule has 1 atom stereocenters. The van der Waals surface area contributed by atoms with E-state index in [4.69, 9.17) is 0 Å². The van der Waals surface area contributed by atoms with Crippen LogP contribution >= 0.6 is 0 Å². The van der Waals surface area contributed by atoms with Crippen LogP contribution in [0.1, 0.15) is 31.4 Å². The molecule has 4 nitrogen and oxygen atoms in total. The van der Waals surface area contributed by atoms with Crippen LogP contribution in [-0.4, -0.2) is 22.5 Å². The van der Waals surface area contributed by atoms with E-state index in [1.165, 1.54) is 11.0 Å². The number of allylic oxidation sites excluding steroid dienone is 1. The van der Waals surface area contributed by atoms with E-state index < -0.39 is 11.3 Å². The van der Waals surface area contributed by atoms with Gasteiger partial charge < -0.3 is 0 Å². The second-order valence-electron chi connectivity index (χ2n) is 7.39. The molecule has 0 N–H and O–H groups in total. The summed E-state index contributed by atoms with van der Waals surface area (Å²) in [4.78, 5) is 39.3. The Kier molecular flexibility index (Phi) is 5.36. The van der Waals surface area contributed by atoms with Crippen LogP contribution in [0.4, 0.5) is 0 Å². The van der Waals surface area contributed by atoms with Gasteiger partial charge in [0.2, 0.25) is 11.8 Å². The molecule has 0 radical (unpaired) electrons. The number of hydrogen-bond donors (Lipinski definition) is 0. The van der Waals surface area contributed by atoms with Crippen LogP contribution in [0.2, 0.25) is 0 Å². The first kappa shape index (κ1) is 18.8. The average molecular weight is 361 g/mol. The second kappa shape index (κ2) is 7.70. The fraction of sp³-hybridized carbons (Fsp3) is 0.261. The maximum atomic E-state index is 12.9. The minimum atomic E-state index is -0.941. The van der Waals surface area contributed by atoms with Gasteiger partial charge in [0.15, 0.2) is 5.78 Å². The van der Waals surface area contributed by atoms with Gasteiger partial charge >= 0.3 is 0 Å². The average Bonchev–Trinajstić information content (AvgIpc) is 2.96. The third-order valence-electron chi connectivity index (χ3n) is 5.16. The smallest absolute Gasteiger partial charge is 0.234 e. The third kappa shape index (κ3) is 4.05. The number of likely N-dealkylation sites (tertiary alicyclic amines) is 1. The number of ketones is 1. The summed E-state index contributed by atoms with van der Waals surface area (Å²) in [5.74, 6) is -1.28. The number of benzene rings is 2. The predicted molar refractivity (Wildman–Crippen MR) is 104 cm³/mol. The van der Waals surface area contributed by atoms with Crippen LogP contribution in [0.5, 0.6) is 0 Å². The number of rotatable bonds is 6. The molecular weight excluding hydrogens is 338 g/mol. The van der Waals surface area contributed by atoms with Crippen LogP contribution in [-0.2, 0) is 20.9 Å². The van der Waals surface area contributed by atoms with Gasteiger partial charge in [0, 0.05) is 11.8 Å². The van der Waals surface area contributed by atoms with Gasteiger partial charge in [-0.1, -0.05) is 80.6 Å². The van der Waals surface area contributed by atoms with Crippen molar-refractivity contribution in [2.24, 2.45) is 11.3 Å². The normalized spacial score (nSPS) is 17.7. The second-order valence-corrected chi connectivity index (χ2v) is 7.39. The van der Waals surface area contributed by atoms with Crippen LogP contribution in [0.25, 0.3) is 6.08 Å². The van der Waals surface area contributed by atoms with Gasteiger partial charge in [0.05, 0.1) is 12.5 Å². The molecule has 3 rings (SSSR count). The minimum absolute atomic E-state index is 0.0730. The number of nitrogens with zero attached hydrogens (tertiary/aromatic N) is 1. The van der Waals surface area contributed by atoms with Crippen molar-refractivity contribution in [1.82, 2.24) is 4.90 Å². The lowest BCUT2D eigenvalue weighted by molar-refractivity contribution is -0.143. The van der Waals surface area contributed by atoms with Crippen LogP contribution in [0.15, 0.2) is 66.7 Å². The molecule has 1 aliphatic heterocycles. The molecule has 27 heavy (non-hydrogen) atoms. The quantitative estimate of drug-likeness (QED) is 0.580. The fourth-order valence-electron chi connectivity index (χ4n) is 3.30. The van der Waals surface area contributed by atoms with E-state index in [2.05, 4.69) is 0 Å². The summed E-state index contributed by atoms with van der Waals surface area (Å²) in [5, 5.41) is 0. The predicted octanol–water partition coefficient (Wildman–Crippen LogP) is 3.87. The zero-order chi connectivity index (χ0) is 19.4. The summed E-state index contributed by atoms with van der Waals surface area (Å²) >= 11 is 0. The summed E-state index contributed by atoms with van der Waals surface area (Å²) < 4.78 is 0. The summed E-state index contributed by atoms with van der Waals surface area (Å²) in [6, 6.07) is 18.9. The minimum Gasteiger partial charge on any atom is -0.294 e. The molecule has 1 saturated heterocycles. The molecule has 0 aliphatic carbocycles. The Morgan fingerprint density at radius 2 is 1.63 bits per heavy atom. The zero-order valence-electron chi connectivity index (χ0n) is 15.6. The number of carbonyl (C=O) groups is 3.